The molecule has 0 saturated heterocycles. The summed E-state index contributed by atoms with van der Waals surface area (Å²) in [5, 5.41) is 0. The van der Waals surface area contributed by atoms with Gasteiger partial charge in [0.1, 0.15) is 0 Å². The van der Waals surface area contributed by atoms with Crippen LogP contribution in [-0.2, 0) is 5.41 Å². The Balaban J connectivity index is 2.86. The lowest BCUT2D eigenvalue weighted by molar-refractivity contribution is 0.506. The molecule has 0 bridgehead atoms. The van der Waals surface area contributed by atoms with Crippen LogP contribution in [0.4, 0.5) is 0 Å². The molecule has 0 heteroatoms. The first kappa shape index (κ1) is 14.0. The summed E-state index contributed by atoms with van der Waals surface area (Å²) in [5.41, 5.74) is 3.25. The molecular formula is C17H26. The van der Waals surface area contributed by atoms with E-state index in [4.69, 9.17) is 0 Å². The molecule has 0 amide bonds. The first-order valence-electron chi connectivity index (χ1n) is 6.54. The second-order valence-corrected chi connectivity index (χ2v) is 6.56. The summed E-state index contributed by atoms with van der Waals surface area (Å²) in [6.45, 7) is 13.5. The Hall–Kier alpha value is -1.04. The first-order valence-corrected chi connectivity index (χ1v) is 6.54. The Bertz CT molecular complexity index is 371. The highest BCUT2D eigenvalue weighted by molar-refractivity contribution is 5.51. The van der Waals surface area contributed by atoms with Gasteiger partial charge in [0.2, 0.25) is 0 Å². The van der Waals surface area contributed by atoms with Crippen molar-refractivity contribution in [1.82, 2.24) is 0 Å². The third kappa shape index (κ3) is 4.38. The second-order valence-electron chi connectivity index (χ2n) is 6.56. The number of rotatable bonds is 3. The fourth-order valence-corrected chi connectivity index (χ4v) is 1.60. The molecule has 0 unspecified atom stereocenters. The number of hydrogen-bond acceptors (Lipinski definition) is 0. The Labute approximate surface area is 107 Å². The maximum absolute atomic E-state index is 2.30. The zero-order valence-electron chi connectivity index (χ0n) is 12.2. The van der Waals surface area contributed by atoms with Gasteiger partial charge in [-0.05, 0) is 28.4 Å². The minimum absolute atomic E-state index is 0.251. The molecule has 0 aliphatic rings. The van der Waals surface area contributed by atoms with Gasteiger partial charge in [0.15, 0.2) is 0 Å². The molecule has 1 aromatic carbocycles. The molecule has 0 fully saturated rings. The predicted octanol–water partition coefficient (Wildman–Crippen LogP) is 5.43. The van der Waals surface area contributed by atoms with Crippen molar-refractivity contribution in [3.63, 3.8) is 0 Å². The fraction of sp³-hybridized carbons (Fsp3) is 0.529. The molecule has 17 heavy (non-hydrogen) atoms. The number of allylic oxidation sites excluding steroid dienone is 1. The van der Waals surface area contributed by atoms with E-state index >= 15 is 0 Å². The molecule has 0 heterocycles. The molecular weight excluding hydrogens is 204 g/mol. The van der Waals surface area contributed by atoms with E-state index in [1.54, 1.807) is 0 Å². The van der Waals surface area contributed by atoms with Crippen molar-refractivity contribution < 1.29 is 0 Å². The van der Waals surface area contributed by atoms with Crippen LogP contribution in [0, 0.1) is 5.41 Å². The zero-order chi connectivity index (χ0) is 13.1. The third-order valence-electron chi connectivity index (χ3n) is 3.35. The number of benzene rings is 1. The normalized spacial score (nSPS) is 13.3. The van der Waals surface area contributed by atoms with Crippen LogP contribution >= 0.6 is 0 Å². The average Bonchev–Trinajstić information content (AvgIpc) is 2.26. The van der Waals surface area contributed by atoms with Gasteiger partial charge in [-0.3, -0.25) is 0 Å². The highest BCUT2D eigenvalue weighted by atomic mass is 14.2. The van der Waals surface area contributed by atoms with E-state index in [-0.39, 0.29) is 10.8 Å². The summed E-state index contributed by atoms with van der Waals surface area (Å²) in [4.78, 5) is 0. The zero-order valence-corrected chi connectivity index (χ0v) is 12.2. The van der Waals surface area contributed by atoms with Crippen molar-refractivity contribution in [2.75, 3.05) is 0 Å². The summed E-state index contributed by atoms with van der Waals surface area (Å²) < 4.78 is 0. The van der Waals surface area contributed by atoms with E-state index in [9.17, 15) is 0 Å². The van der Waals surface area contributed by atoms with E-state index in [1.165, 1.54) is 17.5 Å². The Kier molecular flexibility index (Phi) is 4.19. The molecule has 0 radical (unpaired) electrons. The molecule has 0 aromatic heterocycles. The molecule has 0 aliphatic heterocycles. The lowest BCUT2D eigenvalue weighted by Gasteiger charge is -2.23. The highest BCUT2D eigenvalue weighted by Gasteiger charge is 2.17. The van der Waals surface area contributed by atoms with Gasteiger partial charge >= 0.3 is 0 Å². The van der Waals surface area contributed by atoms with Crippen molar-refractivity contribution in [2.45, 2.75) is 53.4 Å². The second kappa shape index (κ2) is 5.08. The molecule has 0 aliphatic carbocycles. The third-order valence-corrected chi connectivity index (χ3v) is 3.35. The Morgan fingerprint density at radius 1 is 0.941 bits per heavy atom. The molecule has 0 spiro atoms. The molecule has 0 saturated carbocycles. The molecule has 94 valence electrons. The van der Waals surface area contributed by atoms with Gasteiger partial charge in [0, 0.05) is 0 Å². The SMILES string of the molecule is CCC(C)(C)c1ccc(/C=C/C(C)(C)C)cc1. The molecule has 1 aromatic rings. The van der Waals surface area contributed by atoms with E-state index in [2.05, 4.69) is 78.0 Å². The van der Waals surface area contributed by atoms with E-state index in [1.807, 2.05) is 0 Å². The van der Waals surface area contributed by atoms with Gasteiger partial charge in [-0.1, -0.05) is 78.0 Å². The van der Waals surface area contributed by atoms with Crippen LogP contribution in [0.1, 0.15) is 59.1 Å². The van der Waals surface area contributed by atoms with Crippen LogP contribution in [0.25, 0.3) is 6.08 Å². The van der Waals surface area contributed by atoms with Crippen molar-refractivity contribution in [1.29, 1.82) is 0 Å². The summed E-state index contributed by atoms with van der Waals surface area (Å²) in [7, 11) is 0. The largest absolute Gasteiger partial charge is 0.0785 e. The van der Waals surface area contributed by atoms with E-state index in [0.29, 0.717) is 0 Å². The van der Waals surface area contributed by atoms with Gasteiger partial charge in [-0.15, -0.1) is 0 Å². The smallest absolute Gasteiger partial charge is 0.0106 e. The van der Waals surface area contributed by atoms with Gasteiger partial charge in [0.05, 0.1) is 0 Å². The van der Waals surface area contributed by atoms with Crippen LogP contribution in [-0.4, -0.2) is 0 Å². The maximum Gasteiger partial charge on any atom is -0.0106 e. The lowest BCUT2D eigenvalue weighted by Crippen LogP contribution is -2.14. The standard InChI is InChI=1S/C17H26/c1-7-17(5,6)15-10-8-14(9-11-15)12-13-16(2,3)4/h8-13H,7H2,1-6H3/b13-12+. The molecule has 0 N–H and O–H groups in total. The molecule has 0 atom stereocenters. The monoisotopic (exact) mass is 230 g/mol. The minimum Gasteiger partial charge on any atom is -0.0785 e. The Morgan fingerprint density at radius 2 is 1.47 bits per heavy atom. The van der Waals surface area contributed by atoms with Crippen LogP contribution in [0.15, 0.2) is 30.3 Å². The topological polar surface area (TPSA) is 0 Å². The predicted molar refractivity (Wildman–Crippen MR) is 78.2 cm³/mol. The van der Waals surface area contributed by atoms with Gasteiger partial charge in [0.25, 0.3) is 0 Å². The van der Waals surface area contributed by atoms with Crippen LogP contribution in [0.5, 0.6) is 0 Å². The van der Waals surface area contributed by atoms with Crippen LogP contribution in [0.3, 0.4) is 0 Å². The highest BCUT2D eigenvalue weighted by Crippen LogP contribution is 2.27. The van der Waals surface area contributed by atoms with E-state index in [0.717, 1.165) is 0 Å². The lowest BCUT2D eigenvalue weighted by atomic mass is 9.82. The summed E-state index contributed by atoms with van der Waals surface area (Å²) in [6.07, 6.45) is 5.64. The number of hydrogen-bond donors (Lipinski definition) is 0. The van der Waals surface area contributed by atoms with Crippen LogP contribution in [0.2, 0.25) is 0 Å². The minimum atomic E-state index is 0.251. The van der Waals surface area contributed by atoms with Crippen molar-refractivity contribution >= 4 is 6.08 Å². The maximum atomic E-state index is 2.30. The van der Waals surface area contributed by atoms with Gasteiger partial charge in [-0.2, -0.15) is 0 Å². The first-order chi connectivity index (χ1) is 7.74. The Morgan fingerprint density at radius 3 is 1.88 bits per heavy atom. The van der Waals surface area contributed by atoms with Crippen molar-refractivity contribution in [3.8, 4) is 0 Å². The summed E-state index contributed by atoms with van der Waals surface area (Å²) in [5.74, 6) is 0. The average molecular weight is 230 g/mol. The van der Waals surface area contributed by atoms with Crippen molar-refractivity contribution in [3.05, 3.63) is 41.5 Å². The fourth-order valence-electron chi connectivity index (χ4n) is 1.60. The van der Waals surface area contributed by atoms with Gasteiger partial charge < -0.3 is 0 Å². The van der Waals surface area contributed by atoms with Crippen LogP contribution < -0.4 is 0 Å². The van der Waals surface area contributed by atoms with E-state index < -0.39 is 0 Å². The molecule has 0 nitrogen and oxygen atoms in total. The van der Waals surface area contributed by atoms with Gasteiger partial charge in [-0.25, -0.2) is 0 Å². The quantitative estimate of drug-likeness (QED) is 0.649. The van der Waals surface area contributed by atoms with Crippen molar-refractivity contribution in [2.24, 2.45) is 5.41 Å². The molecule has 1 rings (SSSR count). The summed E-state index contributed by atoms with van der Waals surface area (Å²) in [6, 6.07) is 8.95. The summed E-state index contributed by atoms with van der Waals surface area (Å²) >= 11 is 0.